The van der Waals surface area contributed by atoms with Crippen molar-refractivity contribution in [2.24, 2.45) is 0 Å². The van der Waals surface area contributed by atoms with Crippen molar-refractivity contribution in [3.63, 3.8) is 0 Å². The van der Waals surface area contributed by atoms with Gasteiger partial charge in [-0.2, -0.15) is 9.78 Å². The van der Waals surface area contributed by atoms with E-state index < -0.39 is 18.8 Å². The van der Waals surface area contributed by atoms with Gasteiger partial charge < -0.3 is 14.0 Å². The molecule has 0 radical (unpaired) electrons. The third-order valence-corrected chi connectivity index (χ3v) is 3.17. The van der Waals surface area contributed by atoms with Crippen molar-refractivity contribution in [2.75, 3.05) is 0 Å². The summed E-state index contributed by atoms with van der Waals surface area (Å²) >= 11 is 0. The van der Waals surface area contributed by atoms with Crippen LogP contribution < -0.4 is 5.46 Å². The molecular weight excluding hydrogens is 259 g/mol. The van der Waals surface area contributed by atoms with Gasteiger partial charge in [0.15, 0.2) is 0 Å². The van der Waals surface area contributed by atoms with E-state index in [1.54, 1.807) is 12.4 Å². The molecule has 2 heterocycles. The smallest absolute Gasteiger partial charge is 0.442 e. The monoisotopic (exact) mass is 280 g/mol. The van der Waals surface area contributed by atoms with E-state index in [2.05, 4.69) is 5.10 Å². The summed E-state index contributed by atoms with van der Waals surface area (Å²) in [6.07, 6.45) is 2.58. The molecule has 1 unspecified atom stereocenters. The van der Waals surface area contributed by atoms with E-state index in [9.17, 15) is 4.79 Å². The molecule has 0 N–H and O–H groups in total. The maximum Gasteiger partial charge on any atom is 0.497 e. The van der Waals surface area contributed by atoms with Crippen LogP contribution in [0.4, 0.5) is 4.79 Å². The number of nitrogens with zero attached hydrogens (tertiary/aromatic N) is 2. The molecule has 6 nitrogen and oxygen atoms in total. The zero-order valence-electron chi connectivity index (χ0n) is 12.8. The maximum absolute atomic E-state index is 11.9. The Bertz CT molecular complexity index is 507. The first kappa shape index (κ1) is 15.1. The Labute approximate surface area is 119 Å². The number of hydrogen-bond donors (Lipinski definition) is 0. The summed E-state index contributed by atoms with van der Waals surface area (Å²) in [5.41, 5.74) is -0.216. The van der Waals surface area contributed by atoms with E-state index in [0.29, 0.717) is 5.46 Å². The van der Waals surface area contributed by atoms with Gasteiger partial charge in [0.1, 0.15) is 5.60 Å². The lowest BCUT2D eigenvalue weighted by Gasteiger charge is -2.21. The van der Waals surface area contributed by atoms with Crippen molar-refractivity contribution in [1.82, 2.24) is 9.78 Å². The second kappa shape index (κ2) is 4.89. The average molecular weight is 280 g/mol. The highest BCUT2D eigenvalue weighted by Crippen LogP contribution is 2.26. The molecule has 0 aliphatic carbocycles. The standard InChI is InChI=1S/C13H21BN2O4/c1-9-13(5,6)20-14(19-9)10-7-15-16(8-10)11(17)18-12(2,3)4/h7-9H,1-6H3. The molecule has 0 aromatic carbocycles. The molecule has 0 spiro atoms. The molecule has 1 aromatic heterocycles. The minimum absolute atomic E-state index is 0.0302. The van der Waals surface area contributed by atoms with Crippen LogP contribution in [0, 0.1) is 0 Å². The highest BCUT2D eigenvalue weighted by molar-refractivity contribution is 6.61. The van der Waals surface area contributed by atoms with Crippen molar-refractivity contribution in [3.8, 4) is 0 Å². The van der Waals surface area contributed by atoms with E-state index in [0.717, 1.165) is 4.68 Å². The van der Waals surface area contributed by atoms with Gasteiger partial charge >= 0.3 is 13.2 Å². The van der Waals surface area contributed by atoms with Gasteiger partial charge in [-0.3, -0.25) is 0 Å². The number of ether oxygens (including phenoxy) is 1. The van der Waals surface area contributed by atoms with Crippen LogP contribution >= 0.6 is 0 Å². The van der Waals surface area contributed by atoms with Crippen LogP contribution in [-0.2, 0) is 14.0 Å². The van der Waals surface area contributed by atoms with Gasteiger partial charge in [0.25, 0.3) is 0 Å². The summed E-state index contributed by atoms with van der Waals surface area (Å²) in [5.74, 6) is 0. The summed E-state index contributed by atoms with van der Waals surface area (Å²) in [4.78, 5) is 11.9. The van der Waals surface area contributed by atoms with Gasteiger partial charge in [0.2, 0.25) is 0 Å². The normalized spacial score (nSPS) is 22.1. The SMILES string of the molecule is CC1OB(c2cnn(C(=O)OC(C)(C)C)c2)OC1(C)C. The molecule has 1 atom stereocenters. The fourth-order valence-electron chi connectivity index (χ4n) is 1.76. The summed E-state index contributed by atoms with van der Waals surface area (Å²) in [7, 11) is -0.504. The van der Waals surface area contributed by atoms with E-state index in [4.69, 9.17) is 14.0 Å². The third-order valence-electron chi connectivity index (χ3n) is 3.17. The fraction of sp³-hybridized carbons (Fsp3) is 0.692. The van der Waals surface area contributed by atoms with Gasteiger partial charge in [-0.25, -0.2) is 4.79 Å². The van der Waals surface area contributed by atoms with Gasteiger partial charge in [0, 0.05) is 17.9 Å². The van der Waals surface area contributed by atoms with Gasteiger partial charge in [-0.05, 0) is 41.5 Å². The minimum Gasteiger partial charge on any atom is -0.442 e. The predicted molar refractivity (Wildman–Crippen MR) is 75.0 cm³/mol. The molecule has 0 saturated carbocycles. The van der Waals surface area contributed by atoms with Crippen LogP contribution in [0.25, 0.3) is 0 Å². The summed E-state index contributed by atoms with van der Waals surface area (Å²) in [6, 6.07) is 0. The molecular formula is C13H21BN2O4. The Morgan fingerprint density at radius 3 is 2.65 bits per heavy atom. The molecule has 2 rings (SSSR count). The first-order chi connectivity index (χ1) is 9.08. The third kappa shape index (κ3) is 3.21. The van der Waals surface area contributed by atoms with E-state index in [1.165, 1.54) is 0 Å². The van der Waals surface area contributed by atoms with Gasteiger partial charge in [-0.15, -0.1) is 0 Å². The zero-order valence-corrected chi connectivity index (χ0v) is 12.8. The van der Waals surface area contributed by atoms with Crippen LogP contribution in [0.5, 0.6) is 0 Å². The molecule has 1 saturated heterocycles. The number of aromatic nitrogens is 2. The van der Waals surface area contributed by atoms with E-state index in [1.807, 2.05) is 41.5 Å². The average Bonchev–Trinajstić information content (AvgIpc) is 2.82. The lowest BCUT2D eigenvalue weighted by Crippen LogP contribution is -2.34. The number of hydrogen-bond acceptors (Lipinski definition) is 5. The number of carbonyl (C=O) groups excluding carboxylic acids is 1. The molecule has 0 amide bonds. The lowest BCUT2D eigenvalue weighted by molar-refractivity contribution is 0.0514. The van der Waals surface area contributed by atoms with Crippen molar-refractivity contribution in [1.29, 1.82) is 0 Å². The largest absolute Gasteiger partial charge is 0.497 e. The van der Waals surface area contributed by atoms with Crippen molar-refractivity contribution >= 4 is 18.7 Å². The van der Waals surface area contributed by atoms with E-state index >= 15 is 0 Å². The topological polar surface area (TPSA) is 62.6 Å². The fourth-order valence-corrected chi connectivity index (χ4v) is 1.76. The molecule has 0 bridgehead atoms. The highest BCUT2D eigenvalue weighted by atomic mass is 16.7. The van der Waals surface area contributed by atoms with Crippen LogP contribution in [0.3, 0.4) is 0 Å². The molecule has 7 heteroatoms. The number of rotatable bonds is 1. The number of carbonyl (C=O) groups is 1. The van der Waals surface area contributed by atoms with Crippen LogP contribution in [-0.4, -0.2) is 40.3 Å². The van der Waals surface area contributed by atoms with Crippen LogP contribution in [0.15, 0.2) is 12.4 Å². The lowest BCUT2D eigenvalue weighted by atomic mass is 9.82. The minimum atomic E-state index is -0.555. The molecule has 20 heavy (non-hydrogen) atoms. The second-order valence-corrected chi connectivity index (χ2v) is 6.53. The maximum atomic E-state index is 11.9. The van der Waals surface area contributed by atoms with Crippen LogP contribution in [0.1, 0.15) is 41.5 Å². The van der Waals surface area contributed by atoms with Crippen molar-refractivity contribution in [2.45, 2.75) is 58.8 Å². The van der Waals surface area contributed by atoms with Crippen LogP contribution in [0.2, 0.25) is 0 Å². The Morgan fingerprint density at radius 2 is 2.15 bits per heavy atom. The molecule has 110 valence electrons. The Morgan fingerprint density at radius 1 is 1.50 bits per heavy atom. The molecule has 1 aliphatic heterocycles. The second-order valence-electron chi connectivity index (χ2n) is 6.53. The Balaban J connectivity index is 2.09. The Hall–Kier alpha value is -1.34. The van der Waals surface area contributed by atoms with E-state index in [-0.39, 0.29) is 11.7 Å². The van der Waals surface area contributed by atoms with Crippen molar-refractivity contribution in [3.05, 3.63) is 12.4 Å². The van der Waals surface area contributed by atoms with Crippen molar-refractivity contribution < 1.29 is 18.8 Å². The summed E-state index contributed by atoms with van der Waals surface area (Å²) in [5, 5.41) is 4.00. The summed E-state index contributed by atoms with van der Waals surface area (Å²) in [6.45, 7) is 11.3. The Kier molecular flexibility index (Phi) is 3.68. The van der Waals surface area contributed by atoms with Gasteiger partial charge in [-0.1, -0.05) is 0 Å². The molecule has 1 fully saturated rings. The first-order valence-corrected chi connectivity index (χ1v) is 6.70. The first-order valence-electron chi connectivity index (χ1n) is 6.70. The quantitative estimate of drug-likeness (QED) is 0.731. The molecule has 1 aromatic rings. The zero-order chi connectivity index (χ0) is 15.1. The predicted octanol–water partition coefficient (Wildman–Crippen LogP) is 1.58. The summed E-state index contributed by atoms with van der Waals surface area (Å²) < 4.78 is 17.9. The van der Waals surface area contributed by atoms with Gasteiger partial charge in [0.05, 0.1) is 11.7 Å². The highest BCUT2D eigenvalue weighted by Gasteiger charge is 2.44. The molecule has 1 aliphatic rings.